The van der Waals surface area contributed by atoms with E-state index in [1.54, 1.807) is 18.0 Å². The maximum absolute atomic E-state index is 12.3. The highest BCUT2D eigenvalue weighted by atomic mass is 16.2. The minimum atomic E-state index is -0.327. The van der Waals surface area contributed by atoms with Gasteiger partial charge in [-0.2, -0.15) is 0 Å². The van der Waals surface area contributed by atoms with Gasteiger partial charge in [0, 0.05) is 25.8 Å². The maximum Gasteiger partial charge on any atom is 0.255 e. The molecule has 1 heterocycles. The second-order valence-electron chi connectivity index (χ2n) is 4.43. The van der Waals surface area contributed by atoms with E-state index in [9.17, 15) is 9.59 Å². The number of nitrogens with two attached hydrogens (primary N) is 1. The molecule has 0 aliphatic carbocycles. The van der Waals surface area contributed by atoms with Gasteiger partial charge in [0.15, 0.2) is 0 Å². The SMILES string of the molecule is CNc1ccccc1C(=O)N1CCC(C(N)=O)C1. The molecule has 1 aromatic rings. The van der Waals surface area contributed by atoms with Crippen LogP contribution in [-0.2, 0) is 4.79 Å². The van der Waals surface area contributed by atoms with Crippen molar-refractivity contribution in [2.24, 2.45) is 11.7 Å². The van der Waals surface area contributed by atoms with E-state index in [-0.39, 0.29) is 17.7 Å². The Morgan fingerprint density at radius 1 is 1.39 bits per heavy atom. The molecule has 1 atom stereocenters. The number of carbonyl (C=O) groups excluding carboxylic acids is 2. The van der Waals surface area contributed by atoms with Crippen LogP contribution in [0.5, 0.6) is 0 Å². The number of rotatable bonds is 3. The quantitative estimate of drug-likeness (QED) is 0.824. The van der Waals surface area contributed by atoms with Gasteiger partial charge < -0.3 is 16.0 Å². The largest absolute Gasteiger partial charge is 0.387 e. The first-order valence-electron chi connectivity index (χ1n) is 5.99. The van der Waals surface area contributed by atoms with Crippen LogP contribution in [0.2, 0.25) is 0 Å². The Labute approximate surface area is 106 Å². The summed E-state index contributed by atoms with van der Waals surface area (Å²) < 4.78 is 0. The molecule has 0 saturated carbocycles. The van der Waals surface area contributed by atoms with Crippen molar-refractivity contribution in [3.63, 3.8) is 0 Å². The molecule has 2 amide bonds. The highest BCUT2D eigenvalue weighted by Crippen LogP contribution is 2.22. The van der Waals surface area contributed by atoms with Crippen LogP contribution < -0.4 is 11.1 Å². The minimum Gasteiger partial charge on any atom is -0.387 e. The molecular weight excluding hydrogens is 230 g/mol. The van der Waals surface area contributed by atoms with Gasteiger partial charge in [-0.25, -0.2) is 0 Å². The van der Waals surface area contributed by atoms with Gasteiger partial charge in [0.05, 0.1) is 11.5 Å². The molecule has 2 rings (SSSR count). The molecule has 1 aliphatic heterocycles. The fourth-order valence-electron chi connectivity index (χ4n) is 2.23. The third-order valence-electron chi connectivity index (χ3n) is 3.30. The van der Waals surface area contributed by atoms with E-state index in [1.807, 2.05) is 18.2 Å². The normalized spacial score (nSPS) is 18.7. The smallest absolute Gasteiger partial charge is 0.255 e. The van der Waals surface area contributed by atoms with Crippen molar-refractivity contribution in [2.45, 2.75) is 6.42 Å². The number of amides is 2. The Balaban J connectivity index is 2.15. The molecule has 1 aromatic carbocycles. The van der Waals surface area contributed by atoms with E-state index in [1.165, 1.54) is 0 Å². The zero-order valence-corrected chi connectivity index (χ0v) is 10.3. The van der Waals surface area contributed by atoms with Crippen molar-refractivity contribution in [3.8, 4) is 0 Å². The number of carbonyl (C=O) groups is 2. The van der Waals surface area contributed by atoms with Crippen molar-refractivity contribution in [2.75, 3.05) is 25.5 Å². The van der Waals surface area contributed by atoms with E-state index in [0.29, 0.717) is 25.1 Å². The van der Waals surface area contributed by atoms with Gasteiger partial charge in [0.2, 0.25) is 5.91 Å². The molecular formula is C13H17N3O2. The van der Waals surface area contributed by atoms with Gasteiger partial charge in [-0.05, 0) is 18.6 Å². The third kappa shape index (κ3) is 2.30. The monoisotopic (exact) mass is 247 g/mol. The number of anilines is 1. The summed E-state index contributed by atoms with van der Waals surface area (Å²) in [5, 5.41) is 2.99. The van der Waals surface area contributed by atoms with Crippen LogP contribution in [0.25, 0.3) is 0 Å². The number of hydrogen-bond donors (Lipinski definition) is 2. The van der Waals surface area contributed by atoms with Crippen molar-refractivity contribution >= 4 is 17.5 Å². The highest BCUT2D eigenvalue weighted by molar-refractivity contribution is 6.00. The topological polar surface area (TPSA) is 75.4 Å². The predicted octanol–water partition coefficient (Wildman–Crippen LogP) is 0.676. The average molecular weight is 247 g/mol. The number of nitrogens with one attached hydrogen (secondary N) is 1. The molecule has 0 bridgehead atoms. The molecule has 18 heavy (non-hydrogen) atoms. The molecule has 96 valence electrons. The van der Waals surface area contributed by atoms with Crippen LogP contribution in [0.15, 0.2) is 24.3 Å². The lowest BCUT2D eigenvalue weighted by atomic mass is 10.1. The second kappa shape index (κ2) is 5.08. The van der Waals surface area contributed by atoms with Crippen LogP contribution in [0.1, 0.15) is 16.8 Å². The summed E-state index contributed by atoms with van der Waals surface area (Å²) in [6.07, 6.45) is 0.656. The van der Waals surface area contributed by atoms with Gasteiger partial charge in [0.25, 0.3) is 5.91 Å². The van der Waals surface area contributed by atoms with Gasteiger partial charge in [-0.3, -0.25) is 9.59 Å². The van der Waals surface area contributed by atoms with Gasteiger partial charge in [-0.15, -0.1) is 0 Å². The Bertz CT molecular complexity index is 473. The van der Waals surface area contributed by atoms with E-state index in [4.69, 9.17) is 5.73 Å². The summed E-state index contributed by atoms with van der Waals surface area (Å²) in [6.45, 7) is 1.01. The lowest BCUT2D eigenvalue weighted by Crippen LogP contribution is -2.32. The zero-order chi connectivity index (χ0) is 13.1. The number of para-hydroxylation sites is 1. The standard InChI is InChI=1S/C13H17N3O2/c1-15-11-5-3-2-4-10(11)13(18)16-7-6-9(8-16)12(14)17/h2-5,9,15H,6-8H2,1H3,(H2,14,17). The summed E-state index contributed by atoms with van der Waals surface area (Å²) in [5.41, 5.74) is 6.69. The van der Waals surface area contributed by atoms with Crippen molar-refractivity contribution < 1.29 is 9.59 Å². The molecule has 0 aromatic heterocycles. The first kappa shape index (κ1) is 12.4. The minimum absolute atomic E-state index is 0.0521. The molecule has 1 unspecified atom stereocenters. The van der Waals surface area contributed by atoms with Crippen LogP contribution in [0.4, 0.5) is 5.69 Å². The summed E-state index contributed by atoms with van der Waals surface area (Å²) >= 11 is 0. The molecule has 0 spiro atoms. The Kier molecular flexibility index (Phi) is 3.50. The number of nitrogens with zero attached hydrogens (tertiary/aromatic N) is 1. The number of benzene rings is 1. The maximum atomic E-state index is 12.3. The molecule has 5 nitrogen and oxygen atoms in total. The van der Waals surface area contributed by atoms with Crippen LogP contribution >= 0.6 is 0 Å². The first-order chi connectivity index (χ1) is 8.63. The fourth-order valence-corrected chi connectivity index (χ4v) is 2.23. The molecule has 0 radical (unpaired) electrons. The fraction of sp³-hybridized carbons (Fsp3) is 0.385. The zero-order valence-electron chi connectivity index (χ0n) is 10.3. The van der Waals surface area contributed by atoms with E-state index >= 15 is 0 Å². The molecule has 1 saturated heterocycles. The molecule has 3 N–H and O–H groups in total. The summed E-state index contributed by atoms with van der Waals surface area (Å²) in [4.78, 5) is 25.1. The van der Waals surface area contributed by atoms with Gasteiger partial charge in [-0.1, -0.05) is 12.1 Å². The first-order valence-corrected chi connectivity index (χ1v) is 5.99. The third-order valence-corrected chi connectivity index (χ3v) is 3.30. The van der Waals surface area contributed by atoms with E-state index in [2.05, 4.69) is 5.32 Å². The lowest BCUT2D eigenvalue weighted by Gasteiger charge is -2.18. The summed E-state index contributed by atoms with van der Waals surface area (Å²) in [6, 6.07) is 7.34. The van der Waals surface area contributed by atoms with Crippen LogP contribution in [-0.4, -0.2) is 36.9 Å². The lowest BCUT2D eigenvalue weighted by molar-refractivity contribution is -0.121. The number of primary amides is 1. The number of hydrogen-bond acceptors (Lipinski definition) is 3. The second-order valence-corrected chi connectivity index (χ2v) is 4.43. The Morgan fingerprint density at radius 3 is 2.72 bits per heavy atom. The van der Waals surface area contributed by atoms with Crippen molar-refractivity contribution in [1.29, 1.82) is 0 Å². The molecule has 5 heteroatoms. The summed E-state index contributed by atoms with van der Waals surface area (Å²) in [7, 11) is 1.78. The average Bonchev–Trinajstić information content (AvgIpc) is 2.87. The van der Waals surface area contributed by atoms with Crippen LogP contribution in [0.3, 0.4) is 0 Å². The highest BCUT2D eigenvalue weighted by Gasteiger charge is 2.30. The molecule has 1 fully saturated rings. The predicted molar refractivity (Wildman–Crippen MR) is 69.2 cm³/mol. The number of likely N-dealkylation sites (tertiary alicyclic amines) is 1. The van der Waals surface area contributed by atoms with Crippen molar-refractivity contribution in [3.05, 3.63) is 29.8 Å². The molecule has 1 aliphatic rings. The van der Waals surface area contributed by atoms with E-state index < -0.39 is 0 Å². The van der Waals surface area contributed by atoms with E-state index in [0.717, 1.165) is 5.69 Å². The van der Waals surface area contributed by atoms with Crippen LogP contribution in [0, 0.1) is 5.92 Å². The Morgan fingerprint density at radius 2 is 2.11 bits per heavy atom. The van der Waals surface area contributed by atoms with Gasteiger partial charge in [0.1, 0.15) is 0 Å². The summed E-state index contributed by atoms with van der Waals surface area (Å²) in [5.74, 6) is -0.591. The Hall–Kier alpha value is -2.04. The van der Waals surface area contributed by atoms with Crippen molar-refractivity contribution in [1.82, 2.24) is 4.90 Å². The van der Waals surface area contributed by atoms with Gasteiger partial charge >= 0.3 is 0 Å².